The van der Waals surface area contributed by atoms with E-state index in [1.807, 2.05) is 18.2 Å². The third-order valence-corrected chi connectivity index (χ3v) is 4.76. The molecule has 0 spiro atoms. The molecule has 0 saturated heterocycles. The van der Waals surface area contributed by atoms with Gasteiger partial charge in [-0.2, -0.15) is 0 Å². The Morgan fingerprint density at radius 2 is 1.40 bits per heavy atom. The highest BCUT2D eigenvalue weighted by Gasteiger charge is 2.01. The number of carbonyl (C=O) groups is 1. The number of unbranched alkanes of at least 4 members (excludes halogenated alkanes) is 8. The lowest BCUT2D eigenvalue weighted by Crippen LogP contribution is -2.25. The number of rotatable bonds is 15. The van der Waals surface area contributed by atoms with Crippen LogP contribution in [0.15, 0.2) is 30.3 Å². The third-order valence-electron chi connectivity index (χ3n) is 4.76. The van der Waals surface area contributed by atoms with Crippen molar-refractivity contribution < 1.29 is 4.79 Å². The summed E-state index contributed by atoms with van der Waals surface area (Å²) in [7, 11) is 0. The van der Waals surface area contributed by atoms with Crippen LogP contribution in [0.2, 0.25) is 0 Å². The normalized spacial score (nSPS) is 11.0. The zero-order chi connectivity index (χ0) is 18.2. The van der Waals surface area contributed by atoms with Gasteiger partial charge in [0, 0.05) is 13.0 Å². The van der Waals surface area contributed by atoms with Crippen LogP contribution in [0.25, 0.3) is 0 Å². The summed E-state index contributed by atoms with van der Waals surface area (Å²) in [5.74, 6) is 1.07. The van der Waals surface area contributed by atoms with E-state index >= 15 is 0 Å². The van der Waals surface area contributed by atoms with Crippen molar-refractivity contribution in [2.75, 3.05) is 6.54 Å². The van der Waals surface area contributed by atoms with Crippen molar-refractivity contribution in [2.24, 2.45) is 5.92 Å². The molecule has 1 aromatic carbocycles. The van der Waals surface area contributed by atoms with Crippen LogP contribution in [0.1, 0.15) is 90.0 Å². The Hall–Kier alpha value is -1.31. The van der Waals surface area contributed by atoms with Crippen molar-refractivity contribution >= 4 is 5.91 Å². The number of carbonyl (C=O) groups excluding carboxylic acids is 1. The fraction of sp³-hybridized carbons (Fsp3) is 0.696. The fourth-order valence-electron chi connectivity index (χ4n) is 3.15. The van der Waals surface area contributed by atoms with Crippen molar-refractivity contribution in [3.63, 3.8) is 0 Å². The molecule has 0 aliphatic rings. The van der Waals surface area contributed by atoms with E-state index in [9.17, 15) is 4.79 Å². The van der Waals surface area contributed by atoms with Crippen LogP contribution >= 0.6 is 0 Å². The highest BCUT2D eigenvalue weighted by atomic mass is 16.1. The second-order valence-corrected chi connectivity index (χ2v) is 7.70. The van der Waals surface area contributed by atoms with E-state index < -0.39 is 0 Å². The summed E-state index contributed by atoms with van der Waals surface area (Å²) < 4.78 is 0. The van der Waals surface area contributed by atoms with Gasteiger partial charge < -0.3 is 5.32 Å². The number of benzene rings is 1. The van der Waals surface area contributed by atoms with Gasteiger partial charge in [0.15, 0.2) is 0 Å². The van der Waals surface area contributed by atoms with Crippen LogP contribution in [-0.4, -0.2) is 12.5 Å². The predicted octanol–water partition coefficient (Wildman–Crippen LogP) is 6.29. The first-order valence-corrected chi connectivity index (χ1v) is 10.5. The van der Waals surface area contributed by atoms with Crippen molar-refractivity contribution in [3.05, 3.63) is 35.9 Å². The van der Waals surface area contributed by atoms with Gasteiger partial charge in [-0.3, -0.25) is 4.79 Å². The molecule has 0 atom stereocenters. The SMILES string of the molecule is CC(C)CCCCCCCCCCCC(=O)NCCc1ccccc1. The van der Waals surface area contributed by atoms with Crippen molar-refractivity contribution in [3.8, 4) is 0 Å². The first kappa shape index (κ1) is 21.7. The van der Waals surface area contributed by atoms with Crippen LogP contribution in [-0.2, 0) is 11.2 Å². The monoisotopic (exact) mass is 345 g/mol. The highest BCUT2D eigenvalue weighted by molar-refractivity contribution is 5.75. The van der Waals surface area contributed by atoms with E-state index in [-0.39, 0.29) is 5.91 Å². The molecule has 0 aliphatic carbocycles. The Labute approximate surface area is 155 Å². The number of amides is 1. The van der Waals surface area contributed by atoms with Crippen molar-refractivity contribution in [1.29, 1.82) is 0 Å². The van der Waals surface area contributed by atoms with Gasteiger partial charge in [-0.1, -0.05) is 102 Å². The lowest BCUT2D eigenvalue weighted by Gasteiger charge is -2.06. The van der Waals surface area contributed by atoms with Crippen molar-refractivity contribution in [1.82, 2.24) is 5.32 Å². The zero-order valence-electron chi connectivity index (χ0n) is 16.6. The first-order valence-electron chi connectivity index (χ1n) is 10.5. The van der Waals surface area contributed by atoms with E-state index in [0.717, 1.165) is 25.3 Å². The van der Waals surface area contributed by atoms with Crippen molar-refractivity contribution in [2.45, 2.75) is 90.9 Å². The van der Waals surface area contributed by atoms with E-state index in [4.69, 9.17) is 0 Å². The van der Waals surface area contributed by atoms with Gasteiger partial charge >= 0.3 is 0 Å². The van der Waals surface area contributed by atoms with Crippen LogP contribution < -0.4 is 5.32 Å². The summed E-state index contributed by atoms with van der Waals surface area (Å²) in [5.41, 5.74) is 1.28. The van der Waals surface area contributed by atoms with Gasteiger partial charge in [-0.05, 0) is 24.3 Å². The van der Waals surface area contributed by atoms with Gasteiger partial charge in [0.1, 0.15) is 0 Å². The summed E-state index contributed by atoms with van der Waals surface area (Å²) in [6.45, 7) is 5.37. The smallest absolute Gasteiger partial charge is 0.220 e. The number of hydrogen-bond donors (Lipinski definition) is 1. The Morgan fingerprint density at radius 1 is 0.840 bits per heavy atom. The molecule has 142 valence electrons. The molecule has 0 bridgehead atoms. The van der Waals surface area contributed by atoms with Gasteiger partial charge in [0.25, 0.3) is 0 Å². The standard InChI is InChI=1S/C23H39NO/c1-21(2)15-11-8-6-4-3-5-7-9-14-18-23(25)24-20-19-22-16-12-10-13-17-22/h10,12-13,16-17,21H,3-9,11,14-15,18-20H2,1-2H3,(H,24,25). The maximum absolute atomic E-state index is 11.8. The molecule has 1 amide bonds. The molecule has 0 aromatic heterocycles. The number of hydrogen-bond acceptors (Lipinski definition) is 1. The van der Waals surface area contributed by atoms with E-state index in [0.29, 0.717) is 6.42 Å². The minimum atomic E-state index is 0.209. The second kappa shape index (κ2) is 15.0. The topological polar surface area (TPSA) is 29.1 Å². The van der Waals surface area contributed by atoms with Crippen LogP contribution in [0.3, 0.4) is 0 Å². The van der Waals surface area contributed by atoms with E-state index in [1.54, 1.807) is 0 Å². The molecule has 1 rings (SSSR count). The molecule has 25 heavy (non-hydrogen) atoms. The van der Waals surface area contributed by atoms with Crippen LogP contribution in [0.4, 0.5) is 0 Å². The van der Waals surface area contributed by atoms with Gasteiger partial charge in [0.2, 0.25) is 5.91 Å². The Bertz CT molecular complexity index is 427. The maximum atomic E-state index is 11.8. The Kier molecular flexibility index (Phi) is 13.0. The molecular formula is C23H39NO. The third kappa shape index (κ3) is 13.6. The summed E-state index contributed by atoms with van der Waals surface area (Å²) >= 11 is 0. The van der Waals surface area contributed by atoms with Crippen LogP contribution in [0, 0.1) is 5.92 Å². The average molecular weight is 346 g/mol. The summed E-state index contributed by atoms with van der Waals surface area (Å²) in [5, 5.41) is 3.03. The molecule has 0 heterocycles. The summed E-state index contributed by atoms with van der Waals surface area (Å²) in [6, 6.07) is 10.3. The lowest BCUT2D eigenvalue weighted by atomic mass is 10.0. The van der Waals surface area contributed by atoms with E-state index in [2.05, 4.69) is 31.3 Å². The fourth-order valence-corrected chi connectivity index (χ4v) is 3.15. The molecule has 0 radical (unpaired) electrons. The quantitative estimate of drug-likeness (QED) is 0.372. The Morgan fingerprint density at radius 3 is 2.00 bits per heavy atom. The Balaban J connectivity index is 1.82. The average Bonchev–Trinajstić information content (AvgIpc) is 2.60. The summed E-state index contributed by atoms with van der Waals surface area (Å²) in [4.78, 5) is 11.8. The largest absolute Gasteiger partial charge is 0.356 e. The lowest BCUT2D eigenvalue weighted by molar-refractivity contribution is -0.121. The minimum Gasteiger partial charge on any atom is -0.356 e. The second-order valence-electron chi connectivity index (χ2n) is 7.70. The highest BCUT2D eigenvalue weighted by Crippen LogP contribution is 2.13. The van der Waals surface area contributed by atoms with Gasteiger partial charge in [-0.25, -0.2) is 0 Å². The van der Waals surface area contributed by atoms with Crippen LogP contribution in [0.5, 0.6) is 0 Å². The first-order chi connectivity index (χ1) is 12.2. The number of nitrogens with one attached hydrogen (secondary N) is 1. The summed E-state index contributed by atoms with van der Waals surface area (Å²) in [6.07, 6.45) is 14.8. The molecular weight excluding hydrogens is 306 g/mol. The minimum absolute atomic E-state index is 0.209. The van der Waals surface area contributed by atoms with E-state index in [1.165, 1.54) is 63.4 Å². The molecule has 1 aromatic rings. The van der Waals surface area contributed by atoms with Gasteiger partial charge in [-0.15, -0.1) is 0 Å². The molecule has 0 unspecified atom stereocenters. The zero-order valence-corrected chi connectivity index (χ0v) is 16.6. The van der Waals surface area contributed by atoms with Gasteiger partial charge in [0.05, 0.1) is 0 Å². The molecule has 2 heteroatoms. The molecule has 0 saturated carbocycles. The molecule has 1 N–H and O–H groups in total. The molecule has 2 nitrogen and oxygen atoms in total. The maximum Gasteiger partial charge on any atom is 0.220 e. The molecule has 0 fully saturated rings. The molecule has 0 aliphatic heterocycles. The predicted molar refractivity (Wildman–Crippen MR) is 109 cm³/mol.